The van der Waals surface area contributed by atoms with Crippen LogP contribution in [0.4, 0.5) is 22.0 Å². The van der Waals surface area contributed by atoms with Crippen LogP contribution >= 0.6 is 0 Å². The fraction of sp³-hybridized carbons (Fsp3) is 0.391. The minimum absolute atomic E-state index is 0.387. The van der Waals surface area contributed by atoms with E-state index < -0.39 is 11.7 Å². The van der Waals surface area contributed by atoms with Crippen LogP contribution in [0.5, 0.6) is 0 Å². The molecule has 0 saturated heterocycles. The van der Waals surface area contributed by atoms with Crippen molar-refractivity contribution >= 4 is 23.3 Å². The number of nitrogens with zero attached hydrogens (tertiary/aromatic N) is 4. The predicted octanol–water partition coefficient (Wildman–Crippen LogP) is 4.11. The third kappa shape index (κ3) is 4.51. The lowest BCUT2D eigenvalue weighted by Gasteiger charge is -2.43. The van der Waals surface area contributed by atoms with E-state index in [1.54, 1.807) is 10.9 Å². The molecule has 0 atom stereocenters. The third-order valence-corrected chi connectivity index (χ3v) is 5.51. The van der Waals surface area contributed by atoms with Crippen molar-refractivity contribution < 1.29 is 9.53 Å². The Morgan fingerprint density at radius 1 is 1.19 bits per heavy atom. The number of hydrogen-bond donors (Lipinski definition) is 3. The molecule has 2 aromatic heterocycles. The van der Waals surface area contributed by atoms with E-state index in [0.717, 1.165) is 36.1 Å². The lowest BCUT2D eigenvalue weighted by Crippen LogP contribution is -2.52. The lowest BCUT2D eigenvalue weighted by molar-refractivity contribution is 0.0377. The Morgan fingerprint density at radius 2 is 1.91 bits per heavy atom. The molecule has 9 nitrogen and oxygen atoms in total. The zero-order valence-corrected chi connectivity index (χ0v) is 18.8. The standard InChI is InChI=1S/C23H29N7O2/c1-22(2,3)32-21(31)29-23(10-5-11-23)16-6-8-17(9-7-16)28-20-18(24)19(25-14-26-20)15-12-27-30(4)13-15/h6-9,12-14H,5,10-11,24H2,1-4H3,(H,29,31)(H,25,26,28). The molecule has 1 aromatic carbocycles. The Labute approximate surface area is 187 Å². The van der Waals surface area contributed by atoms with E-state index in [2.05, 4.69) is 25.7 Å². The highest BCUT2D eigenvalue weighted by Crippen LogP contribution is 2.42. The summed E-state index contributed by atoms with van der Waals surface area (Å²) in [5.41, 5.74) is 9.19. The Bertz CT molecular complexity index is 1110. The second-order valence-corrected chi connectivity index (χ2v) is 9.15. The van der Waals surface area contributed by atoms with Crippen LogP contribution in [0.3, 0.4) is 0 Å². The monoisotopic (exact) mass is 435 g/mol. The third-order valence-electron chi connectivity index (χ3n) is 5.51. The number of aryl methyl sites for hydroxylation is 1. The SMILES string of the molecule is Cn1cc(-c2ncnc(Nc3ccc(C4(NC(=O)OC(C)(C)C)CCC4)cc3)c2N)cn1. The first-order valence-electron chi connectivity index (χ1n) is 10.6. The van der Waals surface area contributed by atoms with Gasteiger partial charge in [0.1, 0.15) is 23.3 Å². The van der Waals surface area contributed by atoms with Gasteiger partial charge in [0.2, 0.25) is 0 Å². The van der Waals surface area contributed by atoms with E-state index >= 15 is 0 Å². The van der Waals surface area contributed by atoms with Gasteiger partial charge in [-0.3, -0.25) is 4.68 Å². The largest absolute Gasteiger partial charge is 0.444 e. The molecule has 0 bridgehead atoms. The minimum Gasteiger partial charge on any atom is -0.444 e. The number of carbonyl (C=O) groups excluding carboxylic acids is 1. The van der Waals surface area contributed by atoms with Gasteiger partial charge < -0.3 is 21.1 Å². The molecular weight excluding hydrogens is 406 g/mol. The number of nitrogens with two attached hydrogens (primary N) is 1. The van der Waals surface area contributed by atoms with Crippen molar-refractivity contribution in [2.75, 3.05) is 11.1 Å². The van der Waals surface area contributed by atoms with Gasteiger partial charge in [-0.1, -0.05) is 12.1 Å². The van der Waals surface area contributed by atoms with Gasteiger partial charge in [0.15, 0.2) is 5.82 Å². The highest BCUT2D eigenvalue weighted by Gasteiger charge is 2.41. The van der Waals surface area contributed by atoms with Crippen LogP contribution in [0.2, 0.25) is 0 Å². The molecule has 1 aliphatic carbocycles. The number of anilines is 3. The molecule has 1 fully saturated rings. The van der Waals surface area contributed by atoms with Gasteiger partial charge in [0.25, 0.3) is 0 Å². The van der Waals surface area contributed by atoms with Crippen molar-refractivity contribution in [2.45, 2.75) is 51.2 Å². The average molecular weight is 436 g/mol. The van der Waals surface area contributed by atoms with E-state index in [1.165, 1.54) is 6.33 Å². The Morgan fingerprint density at radius 3 is 2.47 bits per heavy atom. The summed E-state index contributed by atoms with van der Waals surface area (Å²) >= 11 is 0. The van der Waals surface area contributed by atoms with E-state index in [-0.39, 0.29) is 5.54 Å². The fourth-order valence-corrected chi connectivity index (χ4v) is 3.79. The molecule has 0 aliphatic heterocycles. The first-order chi connectivity index (χ1) is 15.2. The average Bonchev–Trinajstić information content (AvgIpc) is 3.12. The zero-order chi connectivity index (χ0) is 22.9. The number of carbonyl (C=O) groups is 1. The highest BCUT2D eigenvalue weighted by molar-refractivity contribution is 5.81. The van der Waals surface area contributed by atoms with Crippen LogP contribution in [-0.2, 0) is 17.3 Å². The number of nitrogens with one attached hydrogen (secondary N) is 2. The highest BCUT2D eigenvalue weighted by atomic mass is 16.6. The molecule has 0 radical (unpaired) electrons. The maximum Gasteiger partial charge on any atom is 0.408 e. The fourth-order valence-electron chi connectivity index (χ4n) is 3.79. The van der Waals surface area contributed by atoms with Crippen molar-refractivity contribution in [3.05, 3.63) is 48.5 Å². The van der Waals surface area contributed by atoms with Gasteiger partial charge in [0, 0.05) is 24.5 Å². The molecule has 0 spiro atoms. The van der Waals surface area contributed by atoms with E-state index in [0.29, 0.717) is 17.2 Å². The van der Waals surface area contributed by atoms with Crippen molar-refractivity contribution in [1.29, 1.82) is 0 Å². The quantitative estimate of drug-likeness (QED) is 0.552. The number of hydrogen-bond acceptors (Lipinski definition) is 7. The number of alkyl carbamates (subject to hydrolysis) is 1. The van der Waals surface area contributed by atoms with Gasteiger partial charge in [-0.25, -0.2) is 14.8 Å². The van der Waals surface area contributed by atoms with E-state index in [1.807, 2.05) is 58.3 Å². The van der Waals surface area contributed by atoms with E-state index in [4.69, 9.17) is 10.5 Å². The molecule has 2 heterocycles. The van der Waals surface area contributed by atoms with Crippen molar-refractivity contribution in [1.82, 2.24) is 25.1 Å². The van der Waals surface area contributed by atoms with Crippen molar-refractivity contribution in [2.24, 2.45) is 7.05 Å². The minimum atomic E-state index is -0.533. The normalized spacial score (nSPS) is 15.0. The summed E-state index contributed by atoms with van der Waals surface area (Å²) < 4.78 is 7.16. The lowest BCUT2D eigenvalue weighted by atomic mass is 9.72. The van der Waals surface area contributed by atoms with E-state index in [9.17, 15) is 4.79 Å². The number of amides is 1. The first kappa shape index (κ1) is 21.6. The molecule has 1 amide bonds. The first-order valence-corrected chi connectivity index (χ1v) is 10.6. The number of nitrogen functional groups attached to an aromatic ring is 1. The summed E-state index contributed by atoms with van der Waals surface area (Å²) in [6.45, 7) is 5.58. The van der Waals surface area contributed by atoms with Gasteiger partial charge in [-0.15, -0.1) is 0 Å². The van der Waals surface area contributed by atoms with Crippen molar-refractivity contribution in [3.63, 3.8) is 0 Å². The molecule has 1 aliphatic rings. The molecule has 0 unspecified atom stereocenters. The predicted molar refractivity (Wildman–Crippen MR) is 123 cm³/mol. The summed E-state index contributed by atoms with van der Waals surface area (Å²) in [6, 6.07) is 7.94. The molecule has 9 heteroatoms. The topological polar surface area (TPSA) is 120 Å². The number of benzene rings is 1. The molecule has 3 aromatic rings. The van der Waals surface area contributed by atoms with Crippen molar-refractivity contribution in [3.8, 4) is 11.3 Å². The Kier molecular flexibility index (Phi) is 5.50. The molecule has 1 saturated carbocycles. The molecule has 32 heavy (non-hydrogen) atoms. The summed E-state index contributed by atoms with van der Waals surface area (Å²) in [4.78, 5) is 20.9. The molecular formula is C23H29N7O2. The summed E-state index contributed by atoms with van der Waals surface area (Å²) in [7, 11) is 1.84. The van der Waals surface area contributed by atoms with Gasteiger partial charge in [-0.05, 0) is 57.7 Å². The molecule has 4 N–H and O–H groups in total. The maximum absolute atomic E-state index is 12.4. The number of aromatic nitrogens is 4. The Hall–Kier alpha value is -3.62. The van der Waals surface area contributed by atoms with Crippen LogP contribution in [0.25, 0.3) is 11.3 Å². The second-order valence-electron chi connectivity index (χ2n) is 9.15. The Balaban J connectivity index is 1.50. The summed E-state index contributed by atoms with van der Waals surface area (Å²) in [5.74, 6) is 0.525. The maximum atomic E-state index is 12.4. The van der Waals surface area contributed by atoms with Crippen LogP contribution in [0.1, 0.15) is 45.6 Å². The zero-order valence-electron chi connectivity index (χ0n) is 18.8. The van der Waals surface area contributed by atoms with Crippen LogP contribution < -0.4 is 16.4 Å². The molecule has 168 valence electrons. The summed E-state index contributed by atoms with van der Waals surface area (Å²) in [5, 5.41) is 10.5. The second kappa shape index (κ2) is 8.14. The van der Waals surface area contributed by atoms with Crippen LogP contribution in [0.15, 0.2) is 43.0 Å². The van der Waals surface area contributed by atoms with Gasteiger partial charge in [-0.2, -0.15) is 5.10 Å². The smallest absolute Gasteiger partial charge is 0.408 e. The van der Waals surface area contributed by atoms with Crippen LogP contribution in [0, 0.1) is 0 Å². The van der Waals surface area contributed by atoms with Gasteiger partial charge in [0.05, 0.1) is 11.7 Å². The van der Waals surface area contributed by atoms with Gasteiger partial charge >= 0.3 is 6.09 Å². The molecule has 4 rings (SSSR count). The number of ether oxygens (including phenoxy) is 1. The van der Waals surface area contributed by atoms with Crippen LogP contribution in [-0.4, -0.2) is 31.4 Å². The summed E-state index contributed by atoms with van der Waals surface area (Å²) in [6.07, 6.45) is 7.48. The number of rotatable bonds is 5.